The summed E-state index contributed by atoms with van der Waals surface area (Å²) in [6.07, 6.45) is 3.55. The molecule has 3 nitrogen and oxygen atoms in total. The molecule has 0 aliphatic heterocycles. The largest absolute Gasteiger partial charge is 0.449 e. The third-order valence-corrected chi connectivity index (χ3v) is 5.55. The third-order valence-electron chi connectivity index (χ3n) is 5.55. The first-order valence-corrected chi connectivity index (χ1v) is 9.96. The second kappa shape index (κ2) is 8.36. The lowest BCUT2D eigenvalue weighted by molar-refractivity contribution is 0.144. The first kappa shape index (κ1) is 19.0. The highest BCUT2D eigenvalue weighted by atomic mass is 16.5. The van der Waals surface area contributed by atoms with Crippen LogP contribution in [0, 0.1) is 13.8 Å². The van der Waals surface area contributed by atoms with E-state index in [-0.39, 0.29) is 5.92 Å². The molecule has 4 rings (SSSR count). The number of rotatable bonds is 5. The first-order valence-electron chi connectivity index (χ1n) is 9.96. The summed E-state index contributed by atoms with van der Waals surface area (Å²) in [5, 5.41) is 2.80. The van der Waals surface area contributed by atoms with Gasteiger partial charge in [-0.1, -0.05) is 78.9 Å². The van der Waals surface area contributed by atoms with Crippen LogP contribution in [0.2, 0.25) is 0 Å². The Kier molecular flexibility index (Phi) is 5.48. The van der Waals surface area contributed by atoms with E-state index >= 15 is 0 Å². The van der Waals surface area contributed by atoms with Gasteiger partial charge < -0.3 is 10.1 Å². The van der Waals surface area contributed by atoms with Crippen molar-refractivity contribution in [1.29, 1.82) is 0 Å². The molecule has 29 heavy (non-hydrogen) atoms. The number of alkyl carbamates (subject to hydrolysis) is 1. The van der Waals surface area contributed by atoms with Crippen molar-refractivity contribution in [3.05, 3.63) is 101 Å². The van der Waals surface area contributed by atoms with Crippen molar-refractivity contribution in [3.8, 4) is 11.1 Å². The summed E-state index contributed by atoms with van der Waals surface area (Å²) >= 11 is 0. The van der Waals surface area contributed by atoms with Crippen molar-refractivity contribution in [2.24, 2.45) is 0 Å². The zero-order valence-corrected chi connectivity index (χ0v) is 16.8. The fourth-order valence-electron chi connectivity index (χ4n) is 3.85. The molecule has 1 N–H and O–H groups in total. The van der Waals surface area contributed by atoms with E-state index in [0.29, 0.717) is 13.2 Å². The Morgan fingerprint density at radius 3 is 2.24 bits per heavy atom. The third kappa shape index (κ3) is 4.09. The molecule has 0 heterocycles. The Labute approximate surface area is 172 Å². The SMILES string of the molecule is Cc1ccc(C=CCNC(=O)OCC2c3ccccc3-c3ccccc32)cc1C. The van der Waals surface area contributed by atoms with Gasteiger partial charge in [-0.05, 0) is 52.8 Å². The highest BCUT2D eigenvalue weighted by Gasteiger charge is 2.28. The first-order chi connectivity index (χ1) is 14.1. The molecule has 1 aliphatic rings. The number of hydrogen-bond acceptors (Lipinski definition) is 2. The number of hydrogen-bond donors (Lipinski definition) is 1. The number of carbonyl (C=O) groups is 1. The molecule has 0 bridgehead atoms. The van der Waals surface area contributed by atoms with Gasteiger partial charge in [0.15, 0.2) is 0 Å². The molecule has 1 aliphatic carbocycles. The summed E-state index contributed by atoms with van der Waals surface area (Å²) in [5.74, 6) is 0.0826. The number of amides is 1. The molecule has 0 unspecified atom stereocenters. The second-order valence-corrected chi connectivity index (χ2v) is 7.45. The number of aryl methyl sites for hydroxylation is 2. The highest BCUT2D eigenvalue weighted by molar-refractivity contribution is 5.79. The average molecular weight is 383 g/mol. The van der Waals surface area contributed by atoms with Crippen LogP contribution in [0.4, 0.5) is 4.79 Å². The van der Waals surface area contributed by atoms with E-state index in [1.165, 1.54) is 33.4 Å². The van der Waals surface area contributed by atoms with Gasteiger partial charge in [-0.15, -0.1) is 0 Å². The van der Waals surface area contributed by atoms with Crippen LogP contribution in [0.3, 0.4) is 0 Å². The topological polar surface area (TPSA) is 38.3 Å². The van der Waals surface area contributed by atoms with Gasteiger partial charge in [0.1, 0.15) is 6.61 Å². The van der Waals surface area contributed by atoms with Gasteiger partial charge in [-0.3, -0.25) is 0 Å². The van der Waals surface area contributed by atoms with Crippen LogP contribution in [0.5, 0.6) is 0 Å². The van der Waals surface area contributed by atoms with Crippen molar-refractivity contribution in [2.45, 2.75) is 19.8 Å². The van der Waals surface area contributed by atoms with E-state index in [1.807, 2.05) is 36.4 Å². The van der Waals surface area contributed by atoms with Crippen molar-refractivity contribution >= 4 is 12.2 Å². The minimum Gasteiger partial charge on any atom is -0.449 e. The molecule has 3 aromatic carbocycles. The summed E-state index contributed by atoms with van der Waals surface area (Å²) in [6, 6.07) is 23.0. The molecule has 1 amide bonds. The Morgan fingerprint density at radius 1 is 0.931 bits per heavy atom. The quantitative estimate of drug-likeness (QED) is 0.600. The van der Waals surface area contributed by atoms with Crippen LogP contribution in [0.1, 0.15) is 33.7 Å². The molecular weight excluding hydrogens is 358 g/mol. The second-order valence-electron chi connectivity index (χ2n) is 7.45. The normalized spacial score (nSPS) is 12.6. The zero-order chi connectivity index (χ0) is 20.2. The molecule has 0 atom stereocenters. The molecule has 146 valence electrons. The van der Waals surface area contributed by atoms with E-state index < -0.39 is 6.09 Å². The maximum Gasteiger partial charge on any atom is 0.407 e. The van der Waals surface area contributed by atoms with E-state index in [4.69, 9.17) is 4.74 Å². The van der Waals surface area contributed by atoms with Crippen LogP contribution in [-0.2, 0) is 4.74 Å². The number of benzene rings is 3. The van der Waals surface area contributed by atoms with Gasteiger partial charge in [-0.2, -0.15) is 0 Å². The predicted molar refractivity (Wildman–Crippen MR) is 118 cm³/mol. The monoisotopic (exact) mass is 383 g/mol. The minimum absolute atomic E-state index is 0.0826. The van der Waals surface area contributed by atoms with Gasteiger partial charge >= 0.3 is 6.09 Å². The Balaban J connectivity index is 1.33. The lowest BCUT2D eigenvalue weighted by Gasteiger charge is -2.14. The van der Waals surface area contributed by atoms with Gasteiger partial charge in [0, 0.05) is 12.5 Å². The van der Waals surface area contributed by atoms with Crippen molar-refractivity contribution in [3.63, 3.8) is 0 Å². The molecular formula is C26H25NO2. The smallest absolute Gasteiger partial charge is 0.407 e. The van der Waals surface area contributed by atoms with Crippen molar-refractivity contribution in [1.82, 2.24) is 5.32 Å². The standard InChI is InChI=1S/C26H25NO2/c1-18-13-14-20(16-19(18)2)8-7-15-27-26(28)29-17-25-23-11-5-3-9-21(23)22-10-4-6-12-24(22)25/h3-14,16,25H,15,17H2,1-2H3,(H,27,28). The molecule has 0 aromatic heterocycles. The van der Waals surface area contributed by atoms with E-state index in [9.17, 15) is 4.79 Å². The molecule has 0 radical (unpaired) electrons. The zero-order valence-electron chi connectivity index (χ0n) is 16.8. The molecule has 0 saturated heterocycles. The number of carbonyl (C=O) groups excluding carboxylic acids is 1. The maximum absolute atomic E-state index is 12.2. The minimum atomic E-state index is -0.392. The van der Waals surface area contributed by atoms with Crippen molar-refractivity contribution < 1.29 is 9.53 Å². The average Bonchev–Trinajstić information content (AvgIpc) is 3.06. The molecule has 0 spiro atoms. The van der Waals surface area contributed by atoms with Gasteiger partial charge in [0.2, 0.25) is 0 Å². The van der Waals surface area contributed by atoms with Crippen LogP contribution in [0.15, 0.2) is 72.8 Å². The molecule has 3 aromatic rings. The summed E-state index contributed by atoms with van der Waals surface area (Å²) in [5.41, 5.74) is 8.56. The van der Waals surface area contributed by atoms with E-state index in [1.54, 1.807) is 0 Å². The van der Waals surface area contributed by atoms with Crippen LogP contribution in [0.25, 0.3) is 17.2 Å². The highest BCUT2D eigenvalue weighted by Crippen LogP contribution is 2.44. The summed E-state index contributed by atoms with van der Waals surface area (Å²) in [7, 11) is 0. The Morgan fingerprint density at radius 2 is 1.59 bits per heavy atom. The summed E-state index contributed by atoms with van der Waals surface area (Å²) < 4.78 is 5.54. The molecule has 0 saturated carbocycles. The number of nitrogens with one attached hydrogen (secondary N) is 1. The van der Waals surface area contributed by atoms with E-state index in [2.05, 4.69) is 61.6 Å². The lowest BCUT2D eigenvalue weighted by atomic mass is 9.98. The number of fused-ring (bicyclic) bond motifs is 3. The van der Waals surface area contributed by atoms with Gasteiger partial charge in [0.25, 0.3) is 0 Å². The maximum atomic E-state index is 12.2. The van der Waals surface area contributed by atoms with Crippen LogP contribution in [-0.4, -0.2) is 19.2 Å². The van der Waals surface area contributed by atoms with Gasteiger partial charge in [0.05, 0.1) is 0 Å². The summed E-state index contributed by atoms with van der Waals surface area (Å²) in [4.78, 5) is 12.2. The molecule has 0 fully saturated rings. The van der Waals surface area contributed by atoms with Crippen LogP contribution >= 0.6 is 0 Å². The molecule has 3 heteroatoms. The van der Waals surface area contributed by atoms with Crippen molar-refractivity contribution in [2.75, 3.05) is 13.2 Å². The van der Waals surface area contributed by atoms with Crippen LogP contribution < -0.4 is 5.32 Å². The summed E-state index contributed by atoms with van der Waals surface area (Å²) in [6.45, 7) is 4.97. The van der Waals surface area contributed by atoms with E-state index in [0.717, 1.165) is 5.56 Å². The fraction of sp³-hybridized carbons (Fsp3) is 0.192. The number of ether oxygens (including phenoxy) is 1. The Hall–Kier alpha value is -3.33. The predicted octanol–water partition coefficient (Wildman–Crippen LogP) is 5.86. The lowest BCUT2D eigenvalue weighted by Crippen LogP contribution is -2.26. The Bertz CT molecular complexity index is 1020. The van der Waals surface area contributed by atoms with Gasteiger partial charge in [-0.25, -0.2) is 4.79 Å². The fourth-order valence-corrected chi connectivity index (χ4v) is 3.85.